The van der Waals surface area contributed by atoms with E-state index in [0.29, 0.717) is 35.8 Å². The second-order valence-corrected chi connectivity index (χ2v) is 8.30. The zero-order valence-electron chi connectivity index (χ0n) is 16.3. The summed E-state index contributed by atoms with van der Waals surface area (Å²) in [5.74, 6) is 1.30. The zero-order chi connectivity index (χ0) is 19.9. The first kappa shape index (κ1) is 20.2. The van der Waals surface area contributed by atoms with Crippen LogP contribution in [0.4, 0.5) is 10.9 Å². The van der Waals surface area contributed by atoms with Crippen LogP contribution in [0.25, 0.3) is 0 Å². The number of pyridine rings is 1. The number of nitrogens with zero attached hydrogens (tertiary/aromatic N) is 4. The van der Waals surface area contributed by atoms with Gasteiger partial charge in [-0.2, -0.15) is 5.26 Å². The maximum Gasteiger partial charge on any atom is 0.270 e. The lowest BCUT2D eigenvalue weighted by Crippen LogP contribution is -2.34. The highest BCUT2D eigenvalue weighted by Gasteiger charge is 2.22. The van der Waals surface area contributed by atoms with Crippen LogP contribution in [0.2, 0.25) is 0 Å². The Hall–Kier alpha value is -2.50. The Kier molecular flexibility index (Phi) is 6.95. The van der Waals surface area contributed by atoms with E-state index in [9.17, 15) is 4.79 Å². The Morgan fingerprint density at radius 3 is 3.07 bits per heavy atom. The molecule has 2 aromatic heterocycles. The van der Waals surface area contributed by atoms with Gasteiger partial charge in [-0.1, -0.05) is 19.9 Å². The van der Waals surface area contributed by atoms with Crippen molar-refractivity contribution in [1.29, 1.82) is 5.26 Å². The summed E-state index contributed by atoms with van der Waals surface area (Å²) < 4.78 is 0. The summed E-state index contributed by atoms with van der Waals surface area (Å²) in [7, 11) is 0. The van der Waals surface area contributed by atoms with Crippen LogP contribution in [-0.4, -0.2) is 47.0 Å². The molecule has 3 rings (SSSR count). The molecule has 0 spiro atoms. The maximum atomic E-state index is 12.1. The number of amides is 1. The lowest BCUT2D eigenvalue weighted by molar-refractivity contribution is 0.0945. The highest BCUT2D eigenvalue weighted by atomic mass is 32.1. The van der Waals surface area contributed by atoms with Crippen LogP contribution in [0.5, 0.6) is 0 Å². The molecule has 1 atom stereocenters. The van der Waals surface area contributed by atoms with E-state index in [4.69, 9.17) is 10.2 Å². The van der Waals surface area contributed by atoms with Gasteiger partial charge >= 0.3 is 0 Å². The monoisotopic (exact) mass is 398 g/mol. The fourth-order valence-electron chi connectivity index (χ4n) is 3.22. The Morgan fingerprint density at radius 2 is 2.29 bits per heavy atom. The normalized spacial score (nSPS) is 17.3. The average molecular weight is 399 g/mol. The van der Waals surface area contributed by atoms with E-state index in [1.165, 1.54) is 11.3 Å². The fourth-order valence-corrected chi connectivity index (χ4v) is 3.92. The number of anilines is 2. The van der Waals surface area contributed by atoms with E-state index in [-0.39, 0.29) is 5.91 Å². The van der Waals surface area contributed by atoms with Crippen molar-refractivity contribution in [1.82, 2.24) is 20.2 Å². The van der Waals surface area contributed by atoms with Crippen LogP contribution in [0.15, 0.2) is 23.6 Å². The van der Waals surface area contributed by atoms with Crippen molar-refractivity contribution in [3.63, 3.8) is 0 Å². The summed E-state index contributed by atoms with van der Waals surface area (Å²) in [5, 5.41) is 17.4. The summed E-state index contributed by atoms with van der Waals surface area (Å²) in [6, 6.07) is 8.16. The topological polar surface area (TPSA) is 93.9 Å². The fraction of sp³-hybridized carbons (Fsp3) is 0.500. The highest BCUT2D eigenvalue weighted by molar-refractivity contribution is 7.14. The molecule has 1 amide bonds. The Bertz CT molecular complexity index is 843. The summed E-state index contributed by atoms with van der Waals surface area (Å²) >= 11 is 1.39. The van der Waals surface area contributed by atoms with E-state index in [2.05, 4.69) is 40.4 Å². The number of likely N-dealkylation sites (tertiary alicyclic amines) is 1. The van der Waals surface area contributed by atoms with E-state index >= 15 is 0 Å². The van der Waals surface area contributed by atoms with Gasteiger partial charge in [0.05, 0.1) is 12.6 Å². The van der Waals surface area contributed by atoms with E-state index in [0.717, 1.165) is 37.4 Å². The van der Waals surface area contributed by atoms with Crippen molar-refractivity contribution < 1.29 is 4.79 Å². The van der Waals surface area contributed by atoms with Gasteiger partial charge in [-0.05, 0) is 37.4 Å². The molecular formula is C20H26N6OS. The van der Waals surface area contributed by atoms with E-state index < -0.39 is 0 Å². The van der Waals surface area contributed by atoms with E-state index in [1.807, 2.05) is 18.2 Å². The molecule has 0 bridgehead atoms. The second-order valence-electron chi connectivity index (χ2n) is 7.45. The minimum absolute atomic E-state index is 0.153. The number of thiazole rings is 1. The number of hydrogen-bond acceptors (Lipinski definition) is 7. The predicted molar refractivity (Wildman–Crippen MR) is 111 cm³/mol. The van der Waals surface area contributed by atoms with Crippen LogP contribution in [0.3, 0.4) is 0 Å². The van der Waals surface area contributed by atoms with Gasteiger partial charge in [-0.25, -0.2) is 9.97 Å². The van der Waals surface area contributed by atoms with Gasteiger partial charge in [0.25, 0.3) is 5.91 Å². The number of carbonyl (C=O) groups excluding carboxylic acids is 1. The molecular weight excluding hydrogens is 372 g/mol. The van der Waals surface area contributed by atoms with Crippen molar-refractivity contribution in [3.8, 4) is 6.07 Å². The number of nitrogens with one attached hydrogen (secondary N) is 2. The highest BCUT2D eigenvalue weighted by Crippen LogP contribution is 2.27. The molecule has 1 aliphatic heterocycles. The zero-order valence-corrected chi connectivity index (χ0v) is 17.1. The molecule has 0 unspecified atom stereocenters. The van der Waals surface area contributed by atoms with Crippen molar-refractivity contribution in [2.45, 2.75) is 32.6 Å². The average Bonchev–Trinajstić information content (AvgIpc) is 3.15. The number of carbonyl (C=O) groups is 1. The summed E-state index contributed by atoms with van der Waals surface area (Å²) in [6.45, 7) is 7.05. The number of piperidine rings is 1. The third-order valence-corrected chi connectivity index (χ3v) is 5.39. The molecule has 1 aliphatic rings. The lowest BCUT2D eigenvalue weighted by Gasteiger charge is -2.30. The third kappa shape index (κ3) is 5.50. The van der Waals surface area contributed by atoms with Crippen LogP contribution >= 0.6 is 11.3 Å². The molecule has 3 heterocycles. The predicted octanol–water partition coefficient (Wildman–Crippen LogP) is 3.37. The molecule has 0 radical (unpaired) electrons. The van der Waals surface area contributed by atoms with Crippen LogP contribution in [0.1, 0.15) is 48.8 Å². The first-order valence-corrected chi connectivity index (χ1v) is 10.5. The molecule has 1 saturated heterocycles. The van der Waals surface area contributed by atoms with E-state index in [1.54, 1.807) is 5.38 Å². The van der Waals surface area contributed by atoms with Crippen molar-refractivity contribution in [3.05, 3.63) is 35.0 Å². The summed E-state index contributed by atoms with van der Waals surface area (Å²) in [5.41, 5.74) is 1.45. The SMILES string of the molecule is CC(C)CNC(=O)c1csc(Nc2cccc([C@H]3CCCN(CC#N)C3)n2)n1. The number of nitriles is 1. The molecule has 0 aliphatic carbocycles. The quantitative estimate of drug-likeness (QED) is 0.695. The van der Waals surface area contributed by atoms with Gasteiger partial charge in [0.1, 0.15) is 11.5 Å². The van der Waals surface area contributed by atoms with Crippen LogP contribution in [-0.2, 0) is 0 Å². The largest absolute Gasteiger partial charge is 0.350 e. The van der Waals surface area contributed by atoms with Gasteiger partial charge in [0.2, 0.25) is 0 Å². The molecule has 1 fully saturated rings. The molecule has 2 aromatic rings. The molecule has 7 nitrogen and oxygen atoms in total. The molecule has 0 aromatic carbocycles. The van der Waals surface area contributed by atoms with Crippen LogP contribution in [0, 0.1) is 17.2 Å². The Balaban J connectivity index is 1.63. The van der Waals surface area contributed by atoms with Gasteiger partial charge in [-0.3, -0.25) is 9.69 Å². The first-order chi connectivity index (χ1) is 13.5. The molecule has 0 saturated carbocycles. The molecule has 28 heavy (non-hydrogen) atoms. The number of rotatable bonds is 7. The number of aromatic nitrogens is 2. The van der Waals surface area contributed by atoms with Gasteiger partial charge in [0.15, 0.2) is 5.13 Å². The lowest BCUT2D eigenvalue weighted by atomic mass is 9.94. The maximum absolute atomic E-state index is 12.1. The van der Waals surface area contributed by atoms with Gasteiger partial charge in [-0.15, -0.1) is 11.3 Å². The Labute approximate surface area is 169 Å². The smallest absolute Gasteiger partial charge is 0.270 e. The van der Waals surface area contributed by atoms with Gasteiger partial charge in [0, 0.05) is 30.1 Å². The van der Waals surface area contributed by atoms with Crippen molar-refractivity contribution >= 4 is 28.2 Å². The second kappa shape index (κ2) is 9.62. The minimum atomic E-state index is -0.153. The third-order valence-electron chi connectivity index (χ3n) is 4.63. The molecule has 2 N–H and O–H groups in total. The summed E-state index contributed by atoms with van der Waals surface area (Å²) in [6.07, 6.45) is 2.16. The van der Waals surface area contributed by atoms with Crippen molar-refractivity contribution in [2.24, 2.45) is 5.92 Å². The minimum Gasteiger partial charge on any atom is -0.350 e. The summed E-state index contributed by atoms with van der Waals surface area (Å²) in [4.78, 5) is 23.4. The number of hydrogen-bond donors (Lipinski definition) is 2. The van der Waals surface area contributed by atoms with Gasteiger partial charge < -0.3 is 10.6 Å². The van der Waals surface area contributed by atoms with Crippen molar-refractivity contribution in [2.75, 3.05) is 31.5 Å². The first-order valence-electron chi connectivity index (χ1n) is 9.62. The Morgan fingerprint density at radius 1 is 1.43 bits per heavy atom. The molecule has 8 heteroatoms. The molecule has 148 valence electrons. The van der Waals surface area contributed by atoms with Crippen LogP contribution < -0.4 is 10.6 Å². The standard InChI is InChI=1S/C20H26N6OS/c1-14(2)11-22-19(27)17-13-28-20(24-17)25-18-7-3-6-16(23-18)15-5-4-9-26(12-15)10-8-21/h3,6-7,13-15H,4-5,9-12H2,1-2H3,(H,22,27)(H,23,24,25)/t15-/m0/s1.